The van der Waals surface area contributed by atoms with E-state index < -0.39 is 5.97 Å². The highest BCUT2D eigenvalue weighted by Gasteiger charge is 2.11. The zero-order valence-corrected chi connectivity index (χ0v) is 12.2. The Kier molecular flexibility index (Phi) is 4.96. The number of rotatable bonds is 5. The third-order valence-electron chi connectivity index (χ3n) is 2.62. The molecule has 1 N–H and O–H groups in total. The second kappa shape index (κ2) is 6.91. The summed E-state index contributed by atoms with van der Waals surface area (Å²) in [6.45, 7) is 0.316. The van der Waals surface area contributed by atoms with E-state index in [0.29, 0.717) is 16.8 Å². The van der Waals surface area contributed by atoms with Gasteiger partial charge in [-0.2, -0.15) is 0 Å². The fourth-order valence-electron chi connectivity index (χ4n) is 1.68. The molecular weight excluding hydrogens is 320 g/mol. The molecule has 0 atom stereocenters. The molecule has 0 heterocycles. The number of carbonyl (C=O) groups is 1. The lowest BCUT2D eigenvalue weighted by molar-refractivity contribution is 0.0692. The Bertz CT molecular complexity index is 621. The van der Waals surface area contributed by atoms with E-state index in [4.69, 9.17) is 9.84 Å². The lowest BCUT2D eigenvalue weighted by atomic mass is 10.2. The maximum absolute atomic E-state index is 11.1. The van der Waals surface area contributed by atoms with Gasteiger partial charge in [0.25, 0.3) is 0 Å². The van der Waals surface area contributed by atoms with E-state index in [0.717, 1.165) is 5.56 Å². The molecule has 2 aromatic rings. The molecule has 20 heavy (non-hydrogen) atoms. The minimum absolute atomic E-state index is 0.146. The van der Waals surface area contributed by atoms with Crippen LogP contribution in [0, 0.1) is 0 Å². The van der Waals surface area contributed by atoms with E-state index in [-0.39, 0.29) is 5.56 Å². The SMILES string of the molecule is O=C(O)c1cc(Br)ccc1OC/C=C/c1ccccc1. The predicted octanol–water partition coefficient (Wildman–Crippen LogP) is 4.24. The van der Waals surface area contributed by atoms with Crippen molar-refractivity contribution >= 4 is 28.0 Å². The summed E-state index contributed by atoms with van der Waals surface area (Å²) >= 11 is 3.24. The van der Waals surface area contributed by atoms with Gasteiger partial charge in [0.2, 0.25) is 0 Å². The molecule has 2 rings (SSSR count). The van der Waals surface area contributed by atoms with Gasteiger partial charge < -0.3 is 9.84 Å². The second-order valence-corrected chi connectivity index (χ2v) is 4.99. The molecule has 0 saturated carbocycles. The first-order chi connectivity index (χ1) is 9.66. The maximum atomic E-state index is 11.1. The van der Waals surface area contributed by atoms with Gasteiger partial charge in [-0.15, -0.1) is 0 Å². The highest BCUT2D eigenvalue weighted by molar-refractivity contribution is 9.10. The van der Waals surface area contributed by atoms with Crippen LogP contribution in [0.1, 0.15) is 15.9 Å². The van der Waals surface area contributed by atoms with E-state index in [9.17, 15) is 4.79 Å². The van der Waals surface area contributed by atoms with Gasteiger partial charge in [-0.25, -0.2) is 4.79 Å². The molecular formula is C16H13BrO3. The lowest BCUT2D eigenvalue weighted by Crippen LogP contribution is -2.03. The van der Waals surface area contributed by atoms with Crippen molar-refractivity contribution in [3.8, 4) is 5.75 Å². The zero-order chi connectivity index (χ0) is 14.4. The second-order valence-electron chi connectivity index (χ2n) is 4.07. The standard InChI is InChI=1S/C16H13BrO3/c17-13-8-9-15(14(11-13)16(18)19)20-10-4-7-12-5-2-1-3-6-12/h1-9,11H,10H2,(H,18,19)/b7-4+. The molecule has 0 aliphatic heterocycles. The molecule has 0 amide bonds. The van der Waals surface area contributed by atoms with Gasteiger partial charge in [-0.05, 0) is 29.8 Å². The lowest BCUT2D eigenvalue weighted by Gasteiger charge is -2.07. The van der Waals surface area contributed by atoms with Gasteiger partial charge >= 0.3 is 5.97 Å². The topological polar surface area (TPSA) is 46.5 Å². The Morgan fingerprint density at radius 3 is 2.65 bits per heavy atom. The normalized spacial score (nSPS) is 10.7. The van der Waals surface area contributed by atoms with Crippen LogP contribution in [0.2, 0.25) is 0 Å². The Morgan fingerprint density at radius 1 is 1.20 bits per heavy atom. The fraction of sp³-hybridized carbons (Fsp3) is 0.0625. The van der Waals surface area contributed by atoms with Gasteiger partial charge in [0.1, 0.15) is 17.9 Å². The van der Waals surface area contributed by atoms with Crippen LogP contribution in [0.25, 0.3) is 6.08 Å². The highest BCUT2D eigenvalue weighted by atomic mass is 79.9. The van der Waals surface area contributed by atoms with Crippen molar-refractivity contribution in [2.75, 3.05) is 6.61 Å². The molecule has 0 spiro atoms. The number of aromatic carboxylic acids is 1. The Balaban J connectivity index is 2.01. The number of halogens is 1. The maximum Gasteiger partial charge on any atom is 0.339 e. The molecule has 0 aliphatic rings. The summed E-state index contributed by atoms with van der Waals surface area (Å²) < 4.78 is 6.20. The molecule has 0 aliphatic carbocycles. The molecule has 0 unspecified atom stereocenters. The van der Waals surface area contributed by atoms with Crippen LogP contribution in [0.3, 0.4) is 0 Å². The van der Waals surface area contributed by atoms with E-state index in [1.54, 1.807) is 12.1 Å². The van der Waals surface area contributed by atoms with E-state index >= 15 is 0 Å². The van der Waals surface area contributed by atoms with Gasteiger partial charge in [-0.3, -0.25) is 0 Å². The average Bonchev–Trinajstić information content (AvgIpc) is 2.45. The number of hydrogen-bond donors (Lipinski definition) is 1. The summed E-state index contributed by atoms with van der Waals surface area (Å²) in [5.74, 6) is -0.647. The minimum Gasteiger partial charge on any atom is -0.489 e. The molecule has 3 nitrogen and oxygen atoms in total. The van der Waals surface area contributed by atoms with Crippen LogP contribution in [0.5, 0.6) is 5.75 Å². The first-order valence-electron chi connectivity index (χ1n) is 6.04. The van der Waals surface area contributed by atoms with Crippen molar-refractivity contribution in [3.05, 3.63) is 70.2 Å². The fourth-order valence-corrected chi connectivity index (χ4v) is 2.04. The van der Waals surface area contributed by atoms with Crippen molar-refractivity contribution in [1.82, 2.24) is 0 Å². The molecule has 2 aromatic carbocycles. The zero-order valence-electron chi connectivity index (χ0n) is 10.6. The van der Waals surface area contributed by atoms with Crippen LogP contribution in [0.4, 0.5) is 0 Å². The minimum atomic E-state index is -1.01. The summed E-state index contributed by atoms with van der Waals surface area (Å²) in [5, 5.41) is 9.11. The predicted molar refractivity (Wildman–Crippen MR) is 82.1 cm³/mol. The Hall–Kier alpha value is -2.07. The summed E-state index contributed by atoms with van der Waals surface area (Å²) in [6, 6.07) is 14.8. The smallest absolute Gasteiger partial charge is 0.339 e. The van der Waals surface area contributed by atoms with Crippen molar-refractivity contribution in [2.24, 2.45) is 0 Å². The summed E-state index contributed by atoms with van der Waals surface area (Å²) in [6.07, 6.45) is 3.78. The largest absolute Gasteiger partial charge is 0.489 e. The molecule has 102 valence electrons. The molecule has 0 fully saturated rings. The van der Waals surface area contributed by atoms with Crippen LogP contribution >= 0.6 is 15.9 Å². The number of hydrogen-bond acceptors (Lipinski definition) is 2. The van der Waals surface area contributed by atoms with Crippen molar-refractivity contribution in [3.63, 3.8) is 0 Å². The average molecular weight is 333 g/mol. The van der Waals surface area contributed by atoms with Crippen LogP contribution in [-0.2, 0) is 0 Å². The van der Waals surface area contributed by atoms with Gasteiger partial charge in [-0.1, -0.05) is 52.3 Å². The van der Waals surface area contributed by atoms with E-state index in [1.165, 1.54) is 6.07 Å². The van der Waals surface area contributed by atoms with Gasteiger partial charge in [0, 0.05) is 4.47 Å². The summed E-state index contributed by atoms with van der Waals surface area (Å²) in [5.41, 5.74) is 1.22. The third kappa shape index (κ3) is 3.96. The summed E-state index contributed by atoms with van der Waals surface area (Å²) in [7, 11) is 0. The van der Waals surface area contributed by atoms with Gasteiger partial charge in [0.15, 0.2) is 0 Å². The highest BCUT2D eigenvalue weighted by Crippen LogP contribution is 2.23. The van der Waals surface area contributed by atoms with Crippen LogP contribution in [0.15, 0.2) is 59.1 Å². The Morgan fingerprint density at radius 2 is 1.95 bits per heavy atom. The summed E-state index contributed by atoms with van der Waals surface area (Å²) in [4.78, 5) is 11.1. The first kappa shape index (κ1) is 14.3. The van der Waals surface area contributed by atoms with E-state index in [1.807, 2.05) is 42.5 Å². The monoisotopic (exact) mass is 332 g/mol. The first-order valence-corrected chi connectivity index (χ1v) is 6.83. The Labute approximate surface area is 125 Å². The van der Waals surface area contributed by atoms with Gasteiger partial charge in [0.05, 0.1) is 0 Å². The van der Waals surface area contributed by atoms with Crippen LogP contribution in [-0.4, -0.2) is 17.7 Å². The van der Waals surface area contributed by atoms with Crippen molar-refractivity contribution in [1.29, 1.82) is 0 Å². The van der Waals surface area contributed by atoms with Crippen molar-refractivity contribution in [2.45, 2.75) is 0 Å². The molecule has 0 aromatic heterocycles. The molecule has 0 radical (unpaired) electrons. The molecule has 0 bridgehead atoms. The van der Waals surface area contributed by atoms with Crippen LogP contribution < -0.4 is 4.74 Å². The third-order valence-corrected chi connectivity index (χ3v) is 3.11. The van der Waals surface area contributed by atoms with E-state index in [2.05, 4.69) is 15.9 Å². The molecule has 4 heteroatoms. The molecule has 0 saturated heterocycles. The number of benzene rings is 2. The quantitative estimate of drug-likeness (QED) is 0.890. The number of carboxylic acid groups (broad SMARTS) is 1. The number of ether oxygens (including phenoxy) is 1. The number of carboxylic acids is 1. The van der Waals surface area contributed by atoms with Crippen molar-refractivity contribution < 1.29 is 14.6 Å².